The van der Waals surface area contributed by atoms with Gasteiger partial charge in [-0.3, -0.25) is 0 Å². The van der Waals surface area contributed by atoms with Crippen LogP contribution in [0.25, 0.3) is 5.69 Å². The summed E-state index contributed by atoms with van der Waals surface area (Å²) in [6, 6.07) is 14.2. The van der Waals surface area contributed by atoms with Crippen molar-refractivity contribution in [2.75, 3.05) is 6.54 Å². The summed E-state index contributed by atoms with van der Waals surface area (Å²) in [4.78, 5) is 4.73. The first-order valence-electron chi connectivity index (χ1n) is 9.92. The second-order valence-corrected chi connectivity index (χ2v) is 7.19. The summed E-state index contributed by atoms with van der Waals surface area (Å²) in [7, 11) is 0. The number of aromatic hydroxyl groups is 1. The number of rotatable bonds is 6. The minimum atomic E-state index is 0.0756. The summed E-state index contributed by atoms with van der Waals surface area (Å²) in [6.45, 7) is 9.30. The van der Waals surface area contributed by atoms with E-state index in [-0.39, 0.29) is 6.04 Å². The minimum absolute atomic E-state index is 0.0756. The fraction of sp³-hybridized carbons (Fsp3) is 0.304. The highest BCUT2D eigenvalue weighted by molar-refractivity contribution is 5.80. The van der Waals surface area contributed by atoms with Gasteiger partial charge in [0.2, 0.25) is 0 Å². The van der Waals surface area contributed by atoms with Crippen molar-refractivity contribution in [1.29, 1.82) is 0 Å². The van der Waals surface area contributed by atoms with Gasteiger partial charge in [-0.1, -0.05) is 24.3 Å². The predicted octanol–water partition coefficient (Wildman–Crippen LogP) is 4.01. The molecule has 3 N–H and O–H groups in total. The highest BCUT2D eigenvalue weighted by atomic mass is 16.3. The maximum Gasteiger partial charge on any atom is 0.192 e. The van der Waals surface area contributed by atoms with Gasteiger partial charge in [-0.2, -0.15) is 5.10 Å². The lowest BCUT2D eigenvalue weighted by atomic mass is 10.1. The van der Waals surface area contributed by atoms with Crippen LogP contribution in [0.3, 0.4) is 0 Å². The van der Waals surface area contributed by atoms with Gasteiger partial charge in [-0.05, 0) is 68.1 Å². The predicted molar refractivity (Wildman–Crippen MR) is 118 cm³/mol. The van der Waals surface area contributed by atoms with Crippen LogP contribution >= 0.6 is 0 Å². The molecule has 1 atom stereocenters. The smallest absolute Gasteiger partial charge is 0.192 e. The Hall–Kier alpha value is -3.28. The molecule has 0 amide bonds. The first kappa shape index (κ1) is 20.5. The van der Waals surface area contributed by atoms with E-state index in [0.717, 1.165) is 40.4 Å². The van der Waals surface area contributed by atoms with Gasteiger partial charge in [0.1, 0.15) is 5.75 Å². The molecule has 0 spiro atoms. The van der Waals surface area contributed by atoms with Crippen molar-refractivity contribution in [2.24, 2.45) is 4.99 Å². The quantitative estimate of drug-likeness (QED) is 0.438. The molecule has 0 radical (unpaired) electrons. The van der Waals surface area contributed by atoms with Gasteiger partial charge in [0.15, 0.2) is 5.96 Å². The zero-order chi connectivity index (χ0) is 20.8. The van der Waals surface area contributed by atoms with E-state index in [1.54, 1.807) is 6.20 Å². The van der Waals surface area contributed by atoms with Crippen LogP contribution in [0.4, 0.5) is 0 Å². The molecule has 0 aliphatic heterocycles. The van der Waals surface area contributed by atoms with Crippen LogP contribution < -0.4 is 10.6 Å². The van der Waals surface area contributed by atoms with Crippen molar-refractivity contribution in [2.45, 2.75) is 40.3 Å². The lowest BCUT2D eigenvalue weighted by Gasteiger charge is -2.19. The normalized spacial score (nSPS) is 12.6. The second kappa shape index (κ2) is 9.28. The van der Waals surface area contributed by atoms with E-state index in [1.807, 2.05) is 55.1 Å². The average Bonchev–Trinajstić information content (AvgIpc) is 3.25. The molecule has 6 nitrogen and oxygen atoms in total. The van der Waals surface area contributed by atoms with Crippen LogP contribution in [0.1, 0.15) is 42.1 Å². The Morgan fingerprint density at radius 3 is 2.59 bits per heavy atom. The van der Waals surface area contributed by atoms with Gasteiger partial charge in [0, 0.05) is 18.9 Å². The van der Waals surface area contributed by atoms with Crippen molar-refractivity contribution in [3.05, 3.63) is 77.1 Å². The molecule has 3 aromatic rings. The van der Waals surface area contributed by atoms with Gasteiger partial charge >= 0.3 is 0 Å². The van der Waals surface area contributed by atoms with Crippen LogP contribution in [0.5, 0.6) is 5.75 Å². The second-order valence-electron chi connectivity index (χ2n) is 7.19. The van der Waals surface area contributed by atoms with Gasteiger partial charge in [0.05, 0.1) is 18.3 Å². The van der Waals surface area contributed by atoms with Crippen molar-refractivity contribution >= 4 is 5.96 Å². The van der Waals surface area contributed by atoms with Crippen molar-refractivity contribution in [3.63, 3.8) is 0 Å². The van der Waals surface area contributed by atoms with Crippen molar-refractivity contribution in [3.8, 4) is 11.4 Å². The molecule has 2 aromatic carbocycles. The van der Waals surface area contributed by atoms with Crippen molar-refractivity contribution < 1.29 is 5.11 Å². The number of aliphatic imine (C=N–C) groups is 1. The van der Waals surface area contributed by atoms with E-state index in [0.29, 0.717) is 12.3 Å². The topological polar surface area (TPSA) is 74.5 Å². The SMILES string of the molecule is CCNC(=NCc1cc(C)c(O)c(C)c1)NC(C)c1cccc(-n2cccn2)c1. The largest absolute Gasteiger partial charge is 0.507 e. The highest BCUT2D eigenvalue weighted by Gasteiger charge is 2.10. The molecule has 1 heterocycles. The Kier molecular flexibility index (Phi) is 6.54. The van der Waals surface area contributed by atoms with E-state index in [1.165, 1.54) is 0 Å². The molecule has 6 heteroatoms. The number of aryl methyl sites for hydroxylation is 2. The summed E-state index contributed by atoms with van der Waals surface area (Å²) in [5.74, 6) is 1.11. The zero-order valence-corrected chi connectivity index (χ0v) is 17.5. The first-order chi connectivity index (χ1) is 14.0. The van der Waals surface area contributed by atoms with Crippen molar-refractivity contribution in [1.82, 2.24) is 20.4 Å². The summed E-state index contributed by atoms with van der Waals surface area (Å²) in [5, 5.41) is 21.1. The molecule has 152 valence electrons. The molecule has 0 fully saturated rings. The Labute approximate surface area is 172 Å². The fourth-order valence-electron chi connectivity index (χ4n) is 3.27. The summed E-state index contributed by atoms with van der Waals surface area (Å²) in [6.07, 6.45) is 3.71. The van der Waals surface area contributed by atoms with Gasteiger partial charge in [-0.15, -0.1) is 0 Å². The Morgan fingerprint density at radius 1 is 1.17 bits per heavy atom. The fourth-order valence-corrected chi connectivity index (χ4v) is 3.27. The number of nitrogens with one attached hydrogen (secondary N) is 2. The summed E-state index contributed by atoms with van der Waals surface area (Å²) >= 11 is 0. The number of aromatic nitrogens is 2. The van der Waals surface area contributed by atoms with E-state index in [9.17, 15) is 5.11 Å². The van der Waals surface area contributed by atoms with Crippen LogP contribution in [-0.4, -0.2) is 27.4 Å². The third kappa shape index (κ3) is 5.16. The van der Waals surface area contributed by atoms with Crippen LogP contribution in [0.2, 0.25) is 0 Å². The Bertz CT molecular complexity index is 956. The monoisotopic (exact) mass is 391 g/mol. The van der Waals surface area contributed by atoms with Gasteiger partial charge in [-0.25, -0.2) is 9.67 Å². The molecule has 1 unspecified atom stereocenters. The first-order valence-corrected chi connectivity index (χ1v) is 9.92. The lowest BCUT2D eigenvalue weighted by Crippen LogP contribution is -2.38. The molecule has 0 aliphatic carbocycles. The number of benzene rings is 2. The minimum Gasteiger partial charge on any atom is -0.507 e. The van der Waals surface area contributed by atoms with Crippen LogP contribution in [0.15, 0.2) is 59.9 Å². The Balaban J connectivity index is 1.74. The van der Waals surface area contributed by atoms with E-state index < -0.39 is 0 Å². The molecular weight excluding hydrogens is 362 g/mol. The number of hydrogen-bond acceptors (Lipinski definition) is 3. The molecule has 29 heavy (non-hydrogen) atoms. The maximum absolute atomic E-state index is 9.96. The zero-order valence-electron chi connectivity index (χ0n) is 17.5. The Morgan fingerprint density at radius 2 is 1.93 bits per heavy atom. The lowest BCUT2D eigenvalue weighted by molar-refractivity contribution is 0.466. The number of guanidine groups is 1. The summed E-state index contributed by atoms with van der Waals surface area (Å²) < 4.78 is 1.85. The third-order valence-electron chi connectivity index (χ3n) is 4.81. The van der Waals surface area contributed by atoms with E-state index in [4.69, 9.17) is 4.99 Å². The highest BCUT2D eigenvalue weighted by Crippen LogP contribution is 2.23. The summed E-state index contributed by atoms with van der Waals surface area (Å²) in [5.41, 5.74) is 5.00. The van der Waals surface area contributed by atoms with E-state index in [2.05, 4.69) is 41.7 Å². The average molecular weight is 392 g/mol. The maximum atomic E-state index is 9.96. The molecular formula is C23H29N5O. The molecule has 1 aromatic heterocycles. The molecule has 0 saturated carbocycles. The number of phenolic OH excluding ortho intramolecular Hbond substituents is 1. The van der Waals surface area contributed by atoms with Gasteiger partial charge in [0.25, 0.3) is 0 Å². The number of nitrogens with zero attached hydrogens (tertiary/aromatic N) is 3. The van der Waals surface area contributed by atoms with Gasteiger partial charge < -0.3 is 15.7 Å². The third-order valence-corrected chi connectivity index (χ3v) is 4.81. The van der Waals surface area contributed by atoms with Crippen LogP contribution in [0, 0.1) is 13.8 Å². The molecule has 0 saturated heterocycles. The standard InChI is InChI=1S/C23H29N5O/c1-5-24-23(25-15-19-12-16(2)22(29)17(3)13-19)27-18(4)20-8-6-9-21(14-20)28-11-7-10-26-28/h6-14,18,29H,5,15H2,1-4H3,(H2,24,25,27). The molecule has 0 bridgehead atoms. The van der Waals surface area contributed by atoms with E-state index >= 15 is 0 Å². The van der Waals surface area contributed by atoms with Crippen LogP contribution in [-0.2, 0) is 6.54 Å². The number of phenols is 1. The molecule has 0 aliphatic rings. The number of hydrogen-bond donors (Lipinski definition) is 3. The molecule has 3 rings (SSSR count).